The number of hydrogen-bond donors (Lipinski definition) is 0. The van der Waals surface area contributed by atoms with Gasteiger partial charge in [-0.15, -0.1) is 0 Å². The van der Waals surface area contributed by atoms with Crippen molar-refractivity contribution < 1.29 is 0 Å². The fourth-order valence-corrected chi connectivity index (χ4v) is 13.4. The van der Waals surface area contributed by atoms with Crippen LogP contribution in [0, 0.1) is 0 Å². The predicted molar refractivity (Wildman–Crippen MR) is 333 cm³/mol. The summed E-state index contributed by atoms with van der Waals surface area (Å²) in [7, 11) is 0. The van der Waals surface area contributed by atoms with Gasteiger partial charge in [-0.1, -0.05) is 182 Å². The quantitative estimate of drug-likeness (QED) is 0.144. The number of hydrogen-bond acceptors (Lipinski definition) is 3. The van der Waals surface area contributed by atoms with E-state index >= 15 is 0 Å². The molecule has 2 unspecified atom stereocenters. The molecule has 79 heavy (non-hydrogen) atoms. The standard InChI is InChI=1S/C74H53N5/c1-6-24-50(25-7-1)75(55-42-44-61-57-34-20-22-40-65(57)77(67(61)46-55)52-28-10-3-11-29-52)69-48-71-73(63-38-18-16-36-59(63)69)74-64-39-19-17-37-60(64)70(49-72(74)79(71)54-32-14-5-15-33-54)76(51-26-8-2-9-27-51)56-43-45-62-58-35-21-23-41-66(58)78(68(62)47-56)53-30-12-4-13-31-53/h1,3-8,10-49,62,68H,2,9H2. The van der Waals surface area contributed by atoms with Crippen molar-refractivity contribution in [1.29, 1.82) is 0 Å². The first-order valence-electron chi connectivity index (χ1n) is 27.7. The summed E-state index contributed by atoms with van der Waals surface area (Å²) in [5.41, 5.74) is 17.5. The summed E-state index contributed by atoms with van der Waals surface area (Å²) in [4.78, 5) is 7.57. The Hall–Kier alpha value is -10.1. The fourth-order valence-electron chi connectivity index (χ4n) is 13.4. The van der Waals surface area contributed by atoms with Gasteiger partial charge in [-0.2, -0.15) is 0 Å². The zero-order chi connectivity index (χ0) is 52.0. The van der Waals surface area contributed by atoms with Crippen LogP contribution in [0.4, 0.5) is 34.1 Å². The highest BCUT2D eigenvalue weighted by molar-refractivity contribution is 6.32. The maximum atomic E-state index is 2.55. The average molecular weight is 1010 g/mol. The molecule has 2 aliphatic carbocycles. The molecule has 0 radical (unpaired) electrons. The first-order valence-corrected chi connectivity index (χ1v) is 27.7. The zero-order valence-corrected chi connectivity index (χ0v) is 43.4. The monoisotopic (exact) mass is 1010 g/mol. The third-order valence-corrected chi connectivity index (χ3v) is 16.7. The highest BCUT2D eigenvalue weighted by Gasteiger charge is 2.39. The van der Waals surface area contributed by atoms with Crippen molar-refractivity contribution in [3.05, 3.63) is 302 Å². The minimum Gasteiger partial charge on any atom is -0.333 e. The summed E-state index contributed by atoms with van der Waals surface area (Å²) in [6.45, 7) is 0. The minimum absolute atomic E-state index is 0.0842. The molecular weight excluding hydrogens is 959 g/mol. The first kappa shape index (κ1) is 45.1. The molecule has 16 rings (SSSR count). The number of fused-ring (bicyclic) bond motifs is 13. The van der Waals surface area contributed by atoms with Crippen LogP contribution in [0.25, 0.3) is 76.5 Å². The van der Waals surface area contributed by atoms with Gasteiger partial charge in [0.1, 0.15) is 0 Å². The second kappa shape index (κ2) is 18.3. The lowest BCUT2D eigenvalue weighted by molar-refractivity contribution is 0.734. The van der Waals surface area contributed by atoms with E-state index in [-0.39, 0.29) is 12.0 Å². The van der Waals surface area contributed by atoms with Gasteiger partial charge < -0.3 is 23.8 Å². The molecule has 3 heterocycles. The van der Waals surface area contributed by atoms with E-state index in [1.54, 1.807) is 0 Å². The molecule has 1 aliphatic heterocycles. The molecule has 0 amide bonds. The van der Waals surface area contributed by atoms with Crippen LogP contribution in [0.1, 0.15) is 24.3 Å². The molecule has 5 heteroatoms. The minimum atomic E-state index is 0.0842. The Kier molecular flexibility index (Phi) is 10.4. The molecule has 0 N–H and O–H groups in total. The molecule has 374 valence electrons. The van der Waals surface area contributed by atoms with Crippen molar-refractivity contribution >= 4 is 99.3 Å². The Morgan fingerprint density at radius 3 is 1.54 bits per heavy atom. The smallest absolute Gasteiger partial charge is 0.0649 e. The Balaban J connectivity index is 0.968. The van der Waals surface area contributed by atoms with E-state index in [0.717, 1.165) is 69.2 Å². The van der Waals surface area contributed by atoms with Gasteiger partial charge in [0.25, 0.3) is 0 Å². The zero-order valence-electron chi connectivity index (χ0n) is 43.4. The lowest BCUT2D eigenvalue weighted by Crippen LogP contribution is -2.32. The molecule has 2 atom stereocenters. The number of allylic oxidation sites excluding steroid dienone is 4. The Morgan fingerprint density at radius 2 is 0.899 bits per heavy atom. The molecular formula is C74H53N5. The number of nitrogens with zero attached hydrogens (tertiary/aromatic N) is 5. The molecule has 0 saturated carbocycles. The van der Waals surface area contributed by atoms with E-state index in [0.29, 0.717) is 0 Å². The van der Waals surface area contributed by atoms with Crippen molar-refractivity contribution in [2.45, 2.75) is 24.8 Å². The van der Waals surface area contributed by atoms with E-state index in [4.69, 9.17) is 0 Å². The highest BCUT2D eigenvalue weighted by atomic mass is 15.2. The summed E-state index contributed by atoms with van der Waals surface area (Å²) < 4.78 is 4.95. The maximum absolute atomic E-state index is 2.55. The summed E-state index contributed by atoms with van der Waals surface area (Å²) in [6, 6.07) is 91.6. The molecule has 0 spiro atoms. The van der Waals surface area contributed by atoms with Gasteiger partial charge in [0.2, 0.25) is 0 Å². The van der Waals surface area contributed by atoms with Crippen molar-refractivity contribution in [2.24, 2.45) is 0 Å². The van der Waals surface area contributed by atoms with Crippen LogP contribution >= 0.6 is 0 Å². The van der Waals surface area contributed by atoms with Gasteiger partial charge in [0.15, 0.2) is 0 Å². The van der Waals surface area contributed by atoms with Crippen LogP contribution in [-0.2, 0) is 0 Å². The average Bonchev–Trinajstić information content (AvgIpc) is 4.21. The molecule has 0 fully saturated rings. The van der Waals surface area contributed by atoms with Gasteiger partial charge in [0.05, 0.1) is 39.5 Å². The Bertz CT molecular complexity index is 4680. The summed E-state index contributed by atoms with van der Waals surface area (Å²) in [5, 5.41) is 9.73. The van der Waals surface area contributed by atoms with E-state index in [1.165, 1.54) is 71.2 Å². The van der Waals surface area contributed by atoms with Crippen LogP contribution in [0.15, 0.2) is 297 Å². The Labute approximate surface area is 459 Å². The molecule has 13 aromatic rings. The SMILES string of the molecule is C1=CC(N(C2=CC3C(C=C2)c2ccccc2N3c2ccccc2)c2cc3c(c4ccccc24)c2c4ccccc4c(N(c4ccccc4)c4ccc5c6ccccc6n(-c6ccccc6)c5c4)cc2n3-c2ccccc2)=CCC1. The molecule has 3 aliphatic rings. The molecule has 0 bridgehead atoms. The molecule has 0 saturated heterocycles. The fraction of sp³-hybridized carbons (Fsp3) is 0.0541. The van der Waals surface area contributed by atoms with Crippen molar-refractivity contribution in [3.63, 3.8) is 0 Å². The van der Waals surface area contributed by atoms with Gasteiger partial charge in [-0.25, -0.2) is 0 Å². The molecule has 5 nitrogen and oxygen atoms in total. The largest absolute Gasteiger partial charge is 0.333 e. The van der Waals surface area contributed by atoms with Crippen LogP contribution < -0.4 is 14.7 Å². The van der Waals surface area contributed by atoms with Crippen molar-refractivity contribution in [1.82, 2.24) is 9.13 Å². The topological polar surface area (TPSA) is 19.6 Å². The second-order valence-corrected chi connectivity index (χ2v) is 21.1. The normalized spacial score (nSPS) is 15.8. The van der Waals surface area contributed by atoms with E-state index in [2.05, 4.69) is 309 Å². The van der Waals surface area contributed by atoms with Gasteiger partial charge >= 0.3 is 0 Å². The molecule has 2 aromatic heterocycles. The lowest BCUT2D eigenvalue weighted by Gasteiger charge is -2.35. The van der Waals surface area contributed by atoms with Gasteiger partial charge in [0, 0.05) is 83.8 Å². The van der Waals surface area contributed by atoms with E-state index in [1.807, 2.05) is 0 Å². The van der Waals surface area contributed by atoms with Crippen LogP contribution in [-0.4, -0.2) is 15.2 Å². The van der Waals surface area contributed by atoms with Crippen molar-refractivity contribution in [2.75, 3.05) is 14.7 Å². The van der Waals surface area contributed by atoms with Gasteiger partial charge in [-0.3, -0.25) is 0 Å². The first-order chi connectivity index (χ1) is 39.2. The second-order valence-electron chi connectivity index (χ2n) is 21.1. The third-order valence-electron chi connectivity index (χ3n) is 16.7. The number of anilines is 6. The Morgan fingerprint density at radius 1 is 0.367 bits per heavy atom. The summed E-state index contributed by atoms with van der Waals surface area (Å²) in [5.74, 6) is 0.214. The van der Waals surface area contributed by atoms with E-state index < -0.39 is 0 Å². The van der Waals surface area contributed by atoms with E-state index in [9.17, 15) is 0 Å². The van der Waals surface area contributed by atoms with Crippen LogP contribution in [0.5, 0.6) is 0 Å². The highest BCUT2D eigenvalue weighted by Crippen LogP contribution is 2.52. The third kappa shape index (κ3) is 7.09. The van der Waals surface area contributed by atoms with Crippen molar-refractivity contribution in [3.8, 4) is 11.4 Å². The predicted octanol–water partition coefficient (Wildman–Crippen LogP) is 19.5. The maximum Gasteiger partial charge on any atom is 0.0649 e. The van der Waals surface area contributed by atoms with Gasteiger partial charge in [-0.05, 0) is 132 Å². The molecule has 11 aromatic carbocycles. The number of benzene rings is 11. The van der Waals surface area contributed by atoms with Crippen LogP contribution in [0.3, 0.4) is 0 Å². The summed E-state index contributed by atoms with van der Waals surface area (Å²) in [6.07, 6.45) is 16.5. The lowest BCUT2D eigenvalue weighted by atomic mass is 9.89. The number of para-hydroxylation sites is 6. The number of aromatic nitrogens is 2. The summed E-state index contributed by atoms with van der Waals surface area (Å²) >= 11 is 0. The van der Waals surface area contributed by atoms with Crippen LogP contribution in [0.2, 0.25) is 0 Å². The number of rotatable bonds is 9.